The Morgan fingerprint density at radius 3 is 2.20 bits per heavy atom. The van der Waals surface area contributed by atoms with Crippen molar-refractivity contribution in [3.63, 3.8) is 0 Å². The number of halogens is 1. The minimum absolute atomic E-state index is 0.796. The van der Waals surface area contributed by atoms with E-state index in [1.807, 2.05) is 12.1 Å². The quantitative estimate of drug-likeness (QED) is 0.832. The molecule has 2 aromatic rings. The van der Waals surface area contributed by atoms with Gasteiger partial charge in [-0.25, -0.2) is 0 Å². The fourth-order valence-corrected chi connectivity index (χ4v) is 3.03. The number of nitrogens with two attached hydrogens (primary N) is 1. The van der Waals surface area contributed by atoms with Crippen LogP contribution in [0.4, 0.5) is 11.4 Å². The minimum atomic E-state index is 0.796. The van der Waals surface area contributed by atoms with Gasteiger partial charge in [-0.2, -0.15) is 0 Å². The van der Waals surface area contributed by atoms with Crippen molar-refractivity contribution >= 4 is 27.3 Å². The third kappa shape index (κ3) is 3.15. The average molecular weight is 333 g/mol. The van der Waals surface area contributed by atoms with E-state index in [4.69, 9.17) is 5.73 Å². The first-order valence-corrected chi connectivity index (χ1v) is 7.50. The maximum atomic E-state index is 6.10. The zero-order valence-corrected chi connectivity index (χ0v) is 14.1. The summed E-state index contributed by atoms with van der Waals surface area (Å²) in [5.41, 5.74) is 13.3. The summed E-state index contributed by atoms with van der Waals surface area (Å²) in [5, 5.41) is 0. The number of anilines is 2. The molecule has 0 atom stereocenters. The third-order valence-corrected chi connectivity index (χ3v) is 4.13. The Morgan fingerprint density at radius 2 is 1.65 bits per heavy atom. The van der Waals surface area contributed by atoms with Gasteiger partial charge in [-0.05, 0) is 55.7 Å². The summed E-state index contributed by atoms with van der Waals surface area (Å²) in [6.07, 6.45) is 0. The van der Waals surface area contributed by atoms with Crippen LogP contribution in [0, 0.1) is 20.8 Å². The molecule has 0 saturated carbocycles. The molecule has 20 heavy (non-hydrogen) atoms. The van der Waals surface area contributed by atoms with Crippen LogP contribution in [0.1, 0.15) is 22.3 Å². The minimum Gasteiger partial charge on any atom is -0.397 e. The summed E-state index contributed by atoms with van der Waals surface area (Å²) in [6, 6.07) is 10.5. The standard InChI is InChI=1S/C17H21BrN2/c1-11-7-12(2)15(13(3)8-11)10-20(4)17-6-5-14(18)9-16(17)19/h5-9H,10,19H2,1-4H3. The molecule has 0 unspecified atom stereocenters. The number of nitrogens with zero attached hydrogens (tertiary/aromatic N) is 1. The van der Waals surface area contributed by atoms with Gasteiger partial charge in [-0.1, -0.05) is 33.6 Å². The van der Waals surface area contributed by atoms with E-state index in [1.54, 1.807) is 0 Å². The van der Waals surface area contributed by atoms with Gasteiger partial charge < -0.3 is 10.6 Å². The lowest BCUT2D eigenvalue weighted by molar-refractivity contribution is 0.905. The Kier molecular flexibility index (Phi) is 4.39. The van der Waals surface area contributed by atoms with Gasteiger partial charge in [0.2, 0.25) is 0 Å². The molecule has 2 rings (SSSR count). The molecule has 3 heteroatoms. The monoisotopic (exact) mass is 332 g/mol. The van der Waals surface area contributed by atoms with Crippen molar-refractivity contribution in [3.05, 3.63) is 57.1 Å². The number of aryl methyl sites for hydroxylation is 3. The molecule has 0 aromatic heterocycles. The largest absolute Gasteiger partial charge is 0.397 e. The maximum absolute atomic E-state index is 6.10. The molecule has 0 radical (unpaired) electrons. The second-order valence-electron chi connectivity index (χ2n) is 5.44. The average Bonchev–Trinajstić information content (AvgIpc) is 2.33. The van der Waals surface area contributed by atoms with Crippen molar-refractivity contribution < 1.29 is 0 Å². The molecule has 2 N–H and O–H groups in total. The number of hydrogen-bond donors (Lipinski definition) is 1. The highest BCUT2D eigenvalue weighted by Crippen LogP contribution is 2.28. The van der Waals surface area contributed by atoms with Crippen molar-refractivity contribution in [3.8, 4) is 0 Å². The van der Waals surface area contributed by atoms with E-state index in [9.17, 15) is 0 Å². The van der Waals surface area contributed by atoms with Crippen LogP contribution in [0.25, 0.3) is 0 Å². The second-order valence-corrected chi connectivity index (χ2v) is 6.35. The van der Waals surface area contributed by atoms with Crippen molar-refractivity contribution in [1.29, 1.82) is 0 Å². The molecule has 0 aliphatic carbocycles. The fourth-order valence-electron chi connectivity index (χ4n) is 2.65. The van der Waals surface area contributed by atoms with Crippen LogP contribution in [-0.4, -0.2) is 7.05 Å². The van der Waals surface area contributed by atoms with Crippen molar-refractivity contribution in [2.45, 2.75) is 27.3 Å². The molecule has 0 amide bonds. The molecule has 2 aromatic carbocycles. The van der Waals surface area contributed by atoms with E-state index in [1.165, 1.54) is 22.3 Å². The second kappa shape index (κ2) is 5.88. The molecule has 0 bridgehead atoms. The molecule has 0 spiro atoms. The normalized spacial score (nSPS) is 10.7. The third-order valence-electron chi connectivity index (χ3n) is 3.64. The Balaban J connectivity index is 2.30. The highest BCUT2D eigenvalue weighted by molar-refractivity contribution is 9.10. The maximum Gasteiger partial charge on any atom is 0.0601 e. The topological polar surface area (TPSA) is 29.3 Å². The first kappa shape index (κ1) is 14.9. The van der Waals surface area contributed by atoms with Gasteiger partial charge in [-0.15, -0.1) is 0 Å². The first-order chi connectivity index (χ1) is 9.38. The van der Waals surface area contributed by atoms with Gasteiger partial charge in [0.05, 0.1) is 11.4 Å². The van der Waals surface area contributed by atoms with Gasteiger partial charge in [-0.3, -0.25) is 0 Å². The van der Waals surface area contributed by atoms with Gasteiger partial charge in [0.25, 0.3) is 0 Å². The van der Waals surface area contributed by atoms with Crippen molar-refractivity contribution in [2.24, 2.45) is 0 Å². The van der Waals surface area contributed by atoms with Gasteiger partial charge >= 0.3 is 0 Å². The number of rotatable bonds is 3. The highest BCUT2D eigenvalue weighted by Gasteiger charge is 2.10. The summed E-state index contributed by atoms with van der Waals surface area (Å²) in [6.45, 7) is 7.35. The molecule has 106 valence electrons. The summed E-state index contributed by atoms with van der Waals surface area (Å²) < 4.78 is 1.01. The first-order valence-electron chi connectivity index (χ1n) is 6.71. The smallest absolute Gasteiger partial charge is 0.0601 e. The Labute approximate surface area is 129 Å². The predicted molar refractivity (Wildman–Crippen MR) is 91.3 cm³/mol. The highest BCUT2D eigenvalue weighted by atomic mass is 79.9. The van der Waals surface area contributed by atoms with Crippen LogP contribution in [-0.2, 0) is 6.54 Å². The van der Waals surface area contributed by atoms with E-state index < -0.39 is 0 Å². The number of nitrogen functional groups attached to an aromatic ring is 1. The van der Waals surface area contributed by atoms with Gasteiger partial charge in [0.15, 0.2) is 0 Å². The predicted octanol–water partition coefficient (Wildman–Crippen LogP) is 4.59. The van der Waals surface area contributed by atoms with Crippen LogP contribution < -0.4 is 10.6 Å². The lowest BCUT2D eigenvalue weighted by atomic mass is 9.99. The van der Waals surface area contributed by atoms with E-state index >= 15 is 0 Å². The Hall–Kier alpha value is -1.48. The van der Waals surface area contributed by atoms with Crippen molar-refractivity contribution in [2.75, 3.05) is 17.7 Å². The van der Waals surface area contributed by atoms with Crippen molar-refractivity contribution in [1.82, 2.24) is 0 Å². The lowest BCUT2D eigenvalue weighted by Gasteiger charge is -2.23. The molecule has 2 nitrogen and oxygen atoms in total. The fraction of sp³-hybridized carbons (Fsp3) is 0.294. The van der Waals surface area contributed by atoms with Crippen LogP contribution >= 0.6 is 15.9 Å². The zero-order valence-electron chi connectivity index (χ0n) is 12.5. The summed E-state index contributed by atoms with van der Waals surface area (Å²) in [5.74, 6) is 0. The molecular weight excluding hydrogens is 312 g/mol. The van der Waals surface area contributed by atoms with Crippen LogP contribution in [0.15, 0.2) is 34.8 Å². The van der Waals surface area contributed by atoms with E-state index in [0.29, 0.717) is 0 Å². The zero-order chi connectivity index (χ0) is 14.9. The molecule has 0 saturated heterocycles. The Bertz CT molecular complexity index is 612. The Morgan fingerprint density at radius 1 is 1.05 bits per heavy atom. The summed E-state index contributed by atoms with van der Waals surface area (Å²) in [7, 11) is 2.08. The molecular formula is C17H21BrN2. The molecule has 0 fully saturated rings. The lowest BCUT2D eigenvalue weighted by Crippen LogP contribution is -2.19. The summed E-state index contributed by atoms with van der Waals surface area (Å²) >= 11 is 3.44. The SMILES string of the molecule is Cc1cc(C)c(CN(C)c2ccc(Br)cc2N)c(C)c1. The van der Waals surface area contributed by atoms with Gasteiger partial charge in [0.1, 0.15) is 0 Å². The van der Waals surface area contributed by atoms with Crippen LogP contribution in [0.3, 0.4) is 0 Å². The molecule has 0 aliphatic rings. The van der Waals surface area contributed by atoms with Gasteiger partial charge in [0, 0.05) is 18.1 Å². The van der Waals surface area contributed by atoms with Crippen LogP contribution in [0.5, 0.6) is 0 Å². The number of hydrogen-bond acceptors (Lipinski definition) is 2. The molecule has 0 heterocycles. The van der Waals surface area contributed by atoms with E-state index in [0.717, 1.165) is 22.4 Å². The van der Waals surface area contributed by atoms with E-state index in [2.05, 4.69) is 66.8 Å². The van der Waals surface area contributed by atoms with E-state index in [-0.39, 0.29) is 0 Å². The summed E-state index contributed by atoms with van der Waals surface area (Å²) in [4.78, 5) is 2.20. The molecule has 0 aliphatic heterocycles. The number of benzene rings is 2. The van der Waals surface area contributed by atoms with Crippen LogP contribution in [0.2, 0.25) is 0 Å².